The monoisotopic (exact) mass is 423 g/mol. The van der Waals surface area contributed by atoms with E-state index in [1.165, 1.54) is 0 Å². The first kappa shape index (κ1) is 19.5. The first-order valence-corrected chi connectivity index (χ1v) is 11.2. The minimum atomic E-state index is -0.494. The normalized spacial score (nSPS) is 18.3. The van der Waals surface area contributed by atoms with Crippen molar-refractivity contribution in [2.45, 2.75) is 32.5 Å². The smallest absolute Gasteiger partial charge is 0.272 e. The third-order valence-corrected chi connectivity index (χ3v) is 6.81. The van der Waals surface area contributed by atoms with Gasteiger partial charge in [-0.25, -0.2) is 4.68 Å². The molecule has 0 saturated carbocycles. The molecule has 2 saturated heterocycles. The summed E-state index contributed by atoms with van der Waals surface area (Å²) in [4.78, 5) is 16.5. The van der Waals surface area contributed by atoms with E-state index < -0.39 is 5.79 Å². The zero-order valence-electron chi connectivity index (χ0n) is 17.3. The maximum Gasteiger partial charge on any atom is 0.272 e. The second-order valence-electron chi connectivity index (χ2n) is 7.99. The Hall–Kier alpha value is -2.48. The minimum absolute atomic E-state index is 0.000871. The number of carbonyl (C=O) groups is 1. The third-order valence-electron chi connectivity index (χ3n) is 5.92. The van der Waals surface area contributed by atoms with Gasteiger partial charge in [0.25, 0.3) is 5.91 Å². The Bertz CT molecular complexity index is 1060. The van der Waals surface area contributed by atoms with E-state index in [0.29, 0.717) is 44.8 Å². The second kappa shape index (κ2) is 7.65. The fourth-order valence-corrected chi connectivity index (χ4v) is 4.89. The van der Waals surface area contributed by atoms with Crippen molar-refractivity contribution in [3.05, 3.63) is 58.6 Å². The van der Waals surface area contributed by atoms with Crippen LogP contribution in [0.2, 0.25) is 0 Å². The number of hydrogen-bond donors (Lipinski definition) is 0. The predicted molar refractivity (Wildman–Crippen MR) is 116 cm³/mol. The van der Waals surface area contributed by atoms with Crippen LogP contribution in [-0.4, -0.2) is 52.7 Å². The number of likely N-dealkylation sites (tertiary alicyclic amines) is 1. The number of piperidine rings is 1. The van der Waals surface area contributed by atoms with Crippen LogP contribution in [-0.2, 0) is 9.47 Å². The highest BCUT2D eigenvalue weighted by Gasteiger charge is 2.41. The quantitative estimate of drug-likeness (QED) is 0.634. The number of benzene rings is 1. The molecule has 1 amide bonds. The molecule has 6 nitrogen and oxygen atoms in total. The maximum atomic E-state index is 13.6. The van der Waals surface area contributed by atoms with Crippen LogP contribution in [0, 0.1) is 13.8 Å². The van der Waals surface area contributed by atoms with Gasteiger partial charge in [0.15, 0.2) is 5.79 Å². The van der Waals surface area contributed by atoms with Gasteiger partial charge in [-0.3, -0.25) is 4.79 Å². The molecular formula is C23H25N3O3S. The molecule has 156 valence electrons. The number of carbonyl (C=O) groups excluding carboxylic acids is 1. The van der Waals surface area contributed by atoms with Gasteiger partial charge < -0.3 is 14.4 Å². The van der Waals surface area contributed by atoms with Gasteiger partial charge >= 0.3 is 0 Å². The highest BCUT2D eigenvalue weighted by Crippen LogP contribution is 2.33. The van der Waals surface area contributed by atoms with E-state index in [9.17, 15) is 4.79 Å². The molecule has 2 aliphatic rings. The molecule has 0 N–H and O–H groups in total. The number of amides is 1. The van der Waals surface area contributed by atoms with Crippen LogP contribution in [0.1, 0.15) is 34.5 Å². The summed E-state index contributed by atoms with van der Waals surface area (Å²) in [5.41, 5.74) is 4.58. The lowest BCUT2D eigenvalue weighted by molar-refractivity contribution is -0.181. The van der Waals surface area contributed by atoms with Crippen molar-refractivity contribution in [2.24, 2.45) is 0 Å². The molecule has 1 spiro atoms. The fourth-order valence-electron chi connectivity index (χ4n) is 4.21. The highest BCUT2D eigenvalue weighted by molar-refractivity contribution is 7.13. The molecule has 2 aromatic heterocycles. The molecule has 0 unspecified atom stereocenters. The molecule has 2 aliphatic heterocycles. The van der Waals surface area contributed by atoms with Crippen LogP contribution in [0.15, 0.2) is 41.8 Å². The van der Waals surface area contributed by atoms with E-state index in [1.54, 1.807) is 11.3 Å². The number of nitrogens with zero attached hydrogens (tertiary/aromatic N) is 3. The minimum Gasteiger partial charge on any atom is -0.347 e. The Labute approximate surface area is 180 Å². The number of aryl methyl sites for hydroxylation is 2. The number of thiophene rings is 1. The summed E-state index contributed by atoms with van der Waals surface area (Å²) in [7, 11) is 0. The average Bonchev–Trinajstić information content (AvgIpc) is 3.50. The van der Waals surface area contributed by atoms with Crippen LogP contribution >= 0.6 is 11.3 Å². The molecule has 30 heavy (non-hydrogen) atoms. The van der Waals surface area contributed by atoms with Crippen LogP contribution in [0.3, 0.4) is 0 Å². The van der Waals surface area contributed by atoms with Crippen molar-refractivity contribution in [1.82, 2.24) is 14.7 Å². The molecule has 5 rings (SSSR count). The van der Waals surface area contributed by atoms with Crippen LogP contribution in [0.25, 0.3) is 16.3 Å². The number of hydrogen-bond acceptors (Lipinski definition) is 5. The van der Waals surface area contributed by atoms with Gasteiger partial charge in [0, 0.05) is 25.9 Å². The van der Waals surface area contributed by atoms with Crippen LogP contribution in [0.4, 0.5) is 0 Å². The Morgan fingerprint density at radius 3 is 2.57 bits per heavy atom. The van der Waals surface area contributed by atoms with Gasteiger partial charge in [0.1, 0.15) is 11.4 Å². The Morgan fingerprint density at radius 1 is 1.10 bits per heavy atom. The van der Waals surface area contributed by atoms with Gasteiger partial charge in [-0.2, -0.15) is 5.10 Å². The van der Waals surface area contributed by atoms with E-state index in [-0.39, 0.29) is 5.91 Å². The van der Waals surface area contributed by atoms with E-state index in [0.717, 1.165) is 27.4 Å². The van der Waals surface area contributed by atoms with Gasteiger partial charge in [-0.1, -0.05) is 18.2 Å². The summed E-state index contributed by atoms with van der Waals surface area (Å²) < 4.78 is 13.4. The van der Waals surface area contributed by atoms with Gasteiger partial charge in [-0.05, 0) is 48.6 Å². The third kappa shape index (κ3) is 3.47. The summed E-state index contributed by atoms with van der Waals surface area (Å²) in [6, 6.07) is 12.2. The number of ether oxygens (including phenoxy) is 2. The largest absolute Gasteiger partial charge is 0.347 e. The summed E-state index contributed by atoms with van der Waals surface area (Å²) in [5, 5.41) is 6.87. The predicted octanol–water partition coefficient (Wildman–Crippen LogP) is 4.20. The molecule has 2 fully saturated rings. The Kier molecular flexibility index (Phi) is 4.97. The van der Waals surface area contributed by atoms with Crippen molar-refractivity contribution >= 4 is 17.2 Å². The van der Waals surface area contributed by atoms with Gasteiger partial charge in [0.2, 0.25) is 0 Å². The zero-order valence-corrected chi connectivity index (χ0v) is 18.1. The van der Waals surface area contributed by atoms with Crippen molar-refractivity contribution in [1.29, 1.82) is 0 Å². The van der Waals surface area contributed by atoms with E-state index >= 15 is 0 Å². The molecule has 7 heteroatoms. The maximum absolute atomic E-state index is 13.6. The first-order valence-electron chi connectivity index (χ1n) is 10.3. The molecule has 0 bridgehead atoms. The average molecular weight is 424 g/mol. The highest BCUT2D eigenvalue weighted by atomic mass is 32.1. The first-order chi connectivity index (χ1) is 14.5. The number of rotatable bonds is 3. The van der Waals surface area contributed by atoms with Gasteiger partial charge in [-0.15, -0.1) is 11.3 Å². The van der Waals surface area contributed by atoms with Crippen molar-refractivity contribution in [3.8, 4) is 16.3 Å². The molecule has 0 radical (unpaired) electrons. The van der Waals surface area contributed by atoms with Crippen molar-refractivity contribution in [2.75, 3.05) is 26.3 Å². The summed E-state index contributed by atoms with van der Waals surface area (Å²) >= 11 is 1.63. The molecule has 0 atom stereocenters. The topological polar surface area (TPSA) is 56.6 Å². The zero-order chi connectivity index (χ0) is 20.7. The van der Waals surface area contributed by atoms with Crippen molar-refractivity contribution in [3.63, 3.8) is 0 Å². The molecule has 4 heterocycles. The molecule has 3 aromatic rings. The molecule has 0 aliphatic carbocycles. The van der Waals surface area contributed by atoms with E-state index in [4.69, 9.17) is 14.6 Å². The summed E-state index contributed by atoms with van der Waals surface area (Å²) in [6.45, 7) is 6.61. The second-order valence-corrected chi connectivity index (χ2v) is 8.94. The number of aromatic nitrogens is 2. The lowest BCUT2D eigenvalue weighted by Crippen LogP contribution is -2.47. The van der Waals surface area contributed by atoms with Crippen LogP contribution < -0.4 is 0 Å². The van der Waals surface area contributed by atoms with Gasteiger partial charge in [0.05, 0.1) is 23.8 Å². The van der Waals surface area contributed by atoms with Crippen LogP contribution in [0.5, 0.6) is 0 Å². The summed E-state index contributed by atoms with van der Waals surface area (Å²) in [5.74, 6) is -0.495. The lowest BCUT2D eigenvalue weighted by atomic mass is 10.0. The molecule has 1 aromatic carbocycles. The standard InChI is InChI=1S/C23H25N3O3S/c1-16-5-6-17(2)19(14-16)26-20(15-18(24-26)21-4-3-13-30-21)22(27)25-9-7-23(8-10-25)28-11-12-29-23/h3-6,13-15H,7-12H2,1-2H3. The molecular weight excluding hydrogens is 398 g/mol. The van der Waals surface area contributed by atoms with Crippen molar-refractivity contribution < 1.29 is 14.3 Å². The lowest BCUT2D eigenvalue weighted by Gasteiger charge is -2.37. The van der Waals surface area contributed by atoms with E-state index in [2.05, 4.69) is 32.0 Å². The summed E-state index contributed by atoms with van der Waals surface area (Å²) in [6.07, 6.45) is 1.41. The van der Waals surface area contributed by atoms with E-state index in [1.807, 2.05) is 33.2 Å². The fraction of sp³-hybridized carbons (Fsp3) is 0.391. The Morgan fingerprint density at radius 2 is 1.87 bits per heavy atom. The SMILES string of the molecule is Cc1ccc(C)c(-n2nc(-c3cccs3)cc2C(=O)N2CCC3(CC2)OCCO3)c1. The Balaban J connectivity index is 1.50.